The second kappa shape index (κ2) is 10.2. The van der Waals surface area contributed by atoms with Crippen molar-refractivity contribution in [2.24, 2.45) is 0 Å². The van der Waals surface area contributed by atoms with Crippen molar-refractivity contribution in [3.05, 3.63) is 65.7 Å². The number of benzene rings is 2. The zero-order valence-electron chi connectivity index (χ0n) is 17.8. The van der Waals surface area contributed by atoms with Crippen LogP contribution in [0.25, 0.3) is 0 Å². The topological polar surface area (TPSA) is 86.8 Å². The van der Waals surface area contributed by atoms with E-state index in [9.17, 15) is 18.0 Å². The van der Waals surface area contributed by atoms with Gasteiger partial charge in [-0.2, -0.15) is 0 Å². The van der Waals surface area contributed by atoms with Crippen LogP contribution in [0, 0.1) is 6.92 Å². The number of nitrogens with one attached hydrogen (secondary N) is 1. The fourth-order valence-corrected chi connectivity index (χ4v) is 4.10. The molecule has 2 amide bonds. The SMILES string of the molecule is CC[C@@H](C(=O)NC)N(Cc1ccccc1)C(=O)CN(c1cccc(C)c1)S(C)(=O)=O. The van der Waals surface area contributed by atoms with E-state index in [1.807, 2.05) is 50.2 Å². The monoisotopic (exact) mass is 431 g/mol. The summed E-state index contributed by atoms with van der Waals surface area (Å²) in [7, 11) is -2.19. The van der Waals surface area contributed by atoms with Crippen LogP contribution in [0.15, 0.2) is 54.6 Å². The van der Waals surface area contributed by atoms with Gasteiger partial charge in [-0.1, -0.05) is 49.4 Å². The Morgan fingerprint density at radius 3 is 2.27 bits per heavy atom. The Kier molecular flexibility index (Phi) is 8.00. The van der Waals surface area contributed by atoms with Crippen molar-refractivity contribution in [2.75, 3.05) is 24.2 Å². The smallest absolute Gasteiger partial charge is 0.244 e. The summed E-state index contributed by atoms with van der Waals surface area (Å²) in [5, 5.41) is 2.60. The number of hydrogen-bond donors (Lipinski definition) is 1. The third kappa shape index (κ3) is 6.06. The molecule has 0 aliphatic heterocycles. The van der Waals surface area contributed by atoms with Gasteiger partial charge in [0, 0.05) is 13.6 Å². The number of nitrogens with zero attached hydrogens (tertiary/aromatic N) is 2. The van der Waals surface area contributed by atoms with E-state index in [1.54, 1.807) is 18.2 Å². The maximum Gasteiger partial charge on any atom is 0.244 e. The molecule has 1 atom stereocenters. The van der Waals surface area contributed by atoms with Crippen LogP contribution in [0.2, 0.25) is 0 Å². The zero-order valence-corrected chi connectivity index (χ0v) is 18.6. The van der Waals surface area contributed by atoms with Gasteiger partial charge in [0.25, 0.3) is 0 Å². The fraction of sp³-hybridized carbons (Fsp3) is 0.364. The van der Waals surface area contributed by atoms with Crippen molar-refractivity contribution in [1.29, 1.82) is 0 Å². The number of aryl methyl sites for hydroxylation is 1. The summed E-state index contributed by atoms with van der Waals surface area (Å²) in [6.07, 6.45) is 1.47. The van der Waals surface area contributed by atoms with Gasteiger partial charge >= 0.3 is 0 Å². The van der Waals surface area contributed by atoms with Crippen LogP contribution in [0.1, 0.15) is 24.5 Å². The first-order valence-electron chi connectivity index (χ1n) is 9.76. The van der Waals surface area contributed by atoms with E-state index in [1.165, 1.54) is 11.9 Å². The number of rotatable bonds is 9. The first-order valence-corrected chi connectivity index (χ1v) is 11.6. The molecule has 0 bridgehead atoms. The number of likely N-dealkylation sites (N-methyl/N-ethyl adjacent to an activating group) is 1. The maximum absolute atomic E-state index is 13.3. The molecule has 2 rings (SSSR count). The van der Waals surface area contributed by atoms with Crippen LogP contribution in [-0.2, 0) is 26.2 Å². The van der Waals surface area contributed by atoms with E-state index in [0.29, 0.717) is 12.1 Å². The summed E-state index contributed by atoms with van der Waals surface area (Å²) in [6.45, 7) is 3.49. The van der Waals surface area contributed by atoms with Crippen LogP contribution in [0.3, 0.4) is 0 Å². The molecule has 8 heteroatoms. The number of sulfonamides is 1. The molecule has 0 saturated carbocycles. The van der Waals surface area contributed by atoms with E-state index < -0.39 is 22.0 Å². The highest BCUT2D eigenvalue weighted by atomic mass is 32.2. The van der Waals surface area contributed by atoms with Gasteiger partial charge < -0.3 is 10.2 Å². The lowest BCUT2D eigenvalue weighted by Crippen LogP contribution is -2.51. The quantitative estimate of drug-likeness (QED) is 0.660. The molecule has 2 aromatic rings. The molecule has 1 N–H and O–H groups in total. The van der Waals surface area contributed by atoms with E-state index in [0.717, 1.165) is 21.7 Å². The molecule has 30 heavy (non-hydrogen) atoms. The van der Waals surface area contributed by atoms with Crippen molar-refractivity contribution >= 4 is 27.5 Å². The average molecular weight is 432 g/mol. The van der Waals surface area contributed by atoms with Gasteiger partial charge in [-0.15, -0.1) is 0 Å². The van der Waals surface area contributed by atoms with Gasteiger partial charge in [-0.05, 0) is 36.6 Å². The molecule has 0 heterocycles. The summed E-state index contributed by atoms with van der Waals surface area (Å²) in [4.78, 5) is 27.2. The van der Waals surface area contributed by atoms with Crippen LogP contribution in [-0.4, -0.2) is 51.0 Å². The molecule has 0 unspecified atom stereocenters. The van der Waals surface area contributed by atoms with E-state index in [4.69, 9.17) is 0 Å². The first-order chi connectivity index (χ1) is 14.2. The Hall–Kier alpha value is -2.87. The Bertz CT molecular complexity index is 977. The van der Waals surface area contributed by atoms with Gasteiger partial charge in [0.15, 0.2) is 0 Å². The molecule has 0 saturated heterocycles. The Labute approximate surface area is 178 Å². The van der Waals surface area contributed by atoms with Crippen LogP contribution in [0.5, 0.6) is 0 Å². The van der Waals surface area contributed by atoms with Crippen molar-refractivity contribution in [3.8, 4) is 0 Å². The molecular formula is C22H29N3O4S. The zero-order chi connectivity index (χ0) is 22.3. The lowest BCUT2D eigenvalue weighted by Gasteiger charge is -2.32. The minimum absolute atomic E-state index is 0.205. The molecule has 0 aliphatic rings. The van der Waals surface area contributed by atoms with Gasteiger partial charge in [-0.3, -0.25) is 13.9 Å². The normalized spacial score (nSPS) is 12.1. The van der Waals surface area contributed by atoms with E-state index in [-0.39, 0.29) is 19.0 Å². The lowest BCUT2D eigenvalue weighted by molar-refractivity contribution is -0.140. The molecular weight excluding hydrogens is 402 g/mol. The van der Waals surface area contributed by atoms with Crippen LogP contribution in [0.4, 0.5) is 5.69 Å². The van der Waals surface area contributed by atoms with Gasteiger partial charge in [0.1, 0.15) is 12.6 Å². The van der Waals surface area contributed by atoms with Crippen LogP contribution >= 0.6 is 0 Å². The van der Waals surface area contributed by atoms with Crippen molar-refractivity contribution in [3.63, 3.8) is 0 Å². The maximum atomic E-state index is 13.3. The number of carbonyl (C=O) groups excluding carboxylic acids is 2. The second-order valence-electron chi connectivity index (χ2n) is 7.15. The highest BCUT2D eigenvalue weighted by Crippen LogP contribution is 2.20. The van der Waals surface area contributed by atoms with E-state index in [2.05, 4.69) is 5.32 Å². The largest absolute Gasteiger partial charge is 0.357 e. The third-order valence-electron chi connectivity index (χ3n) is 4.80. The number of hydrogen-bond acceptors (Lipinski definition) is 4. The van der Waals surface area contributed by atoms with Crippen molar-refractivity contribution < 1.29 is 18.0 Å². The Balaban J connectivity index is 2.40. The first kappa shape index (κ1) is 23.4. The Morgan fingerprint density at radius 2 is 1.73 bits per heavy atom. The summed E-state index contributed by atoms with van der Waals surface area (Å²) >= 11 is 0. The molecule has 0 radical (unpaired) electrons. The fourth-order valence-electron chi connectivity index (χ4n) is 3.26. The van der Waals surface area contributed by atoms with Gasteiger partial charge in [0.2, 0.25) is 21.8 Å². The predicted molar refractivity (Wildman–Crippen MR) is 119 cm³/mol. The summed E-state index contributed by atoms with van der Waals surface area (Å²) in [5.41, 5.74) is 2.15. The standard InChI is InChI=1S/C22H29N3O4S/c1-5-20(22(27)23-3)24(15-18-11-7-6-8-12-18)21(26)16-25(30(4,28)29)19-13-9-10-17(2)14-19/h6-14,20H,5,15-16H2,1-4H3,(H,23,27)/t20-/m0/s1. The second-order valence-corrected chi connectivity index (χ2v) is 9.06. The minimum atomic E-state index is -3.71. The average Bonchev–Trinajstić information content (AvgIpc) is 2.71. The summed E-state index contributed by atoms with van der Waals surface area (Å²) < 4.78 is 26.0. The van der Waals surface area contributed by atoms with Gasteiger partial charge in [-0.25, -0.2) is 8.42 Å². The summed E-state index contributed by atoms with van der Waals surface area (Å²) in [6, 6.07) is 15.6. The van der Waals surface area contributed by atoms with E-state index >= 15 is 0 Å². The minimum Gasteiger partial charge on any atom is -0.357 e. The highest BCUT2D eigenvalue weighted by molar-refractivity contribution is 7.92. The molecule has 2 aromatic carbocycles. The van der Waals surface area contributed by atoms with Gasteiger partial charge in [0.05, 0.1) is 11.9 Å². The number of anilines is 1. The number of carbonyl (C=O) groups is 2. The third-order valence-corrected chi connectivity index (χ3v) is 5.94. The van der Waals surface area contributed by atoms with Crippen LogP contribution < -0.4 is 9.62 Å². The lowest BCUT2D eigenvalue weighted by atomic mass is 10.1. The highest BCUT2D eigenvalue weighted by Gasteiger charge is 2.31. The molecule has 0 fully saturated rings. The predicted octanol–water partition coefficient (Wildman–Crippen LogP) is 2.31. The van der Waals surface area contributed by atoms with Crippen molar-refractivity contribution in [1.82, 2.24) is 10.2 Å². The molecule has 162 valence electrons. The Morgan fingerprint density at radius 1 is 1.07 bits per heavy atom. The molecule has 0 spiro atoms. The molecule has 0 aliphatic carbocycles. The molecule has 0 aromatic heterocycles. The van der Waals surface area contributed by atoms with Crippen molar-refractivity contribution in [2.45, 2.75) is 32.9 Å². The number of amides is 2. The summed E-state index contributed by atoms with van der Waals surface area (Å²) in [5.74, 6) is -0.732. The molecule has 7 nitrogen and oxygen atoms in total.